The molecule has 3 aliphatic heterocycles. The van der Waals surface area contributed by atoms with Crippen molar-refractivity contribution in [1.29, 1.82) is 0 Å². The predicted molar refractivity (Wildman–Crippen MR) is 269 cm³/mol. The summed E-state index contributed by atoms with van der Waals surface area (Å²) in [6.45, 7) is 19.0. The molecule has 4 aromatic rings. The number of hydrogen-bond donors (Lipinski definition) is 2. The van der Waals surface area contributed by atoms with Gasteiger partial charge in [0, 0.05) is 110 Å². The number of carbonyl (C=O) groups excluding carboxylic acids is 6. The second-order valence-electron chi connectivity index (χ2n) is 14.6. The van der Waals surface area contributed by atoms with Crippen molar-refractivity contribution in [3.63, 3.8) is 0 Å². The molecule has 0 saturated carbocycles. The van der Waals surface area contributed by atoms with Gasteiger partial charge < -0.3 is 60.6 Å². The van der Waals surface area contributed by atoms with E-state index < -0.39 is 5.97 Å². The number of esters is 4. The summed E-state index contributed by atoms with van der Waals surface area (Å²) in [5.41, 5.74) is 2.13. The van der Waals surface area contributed by atoms with Crippen LogP contribution in [0.5, 0.6) is 0 Å². The van der Waals surface area contributed by atoms with Crippen LogP contribution in [0.1, 0.15) is 91.9 Å². The van der Waals surface area contributed by atoms with Gasteiger partial charge in [-0.1, -0.05) is 30.3 Å². The molecule has 24 nitrogen and oxygen atoms in total. The van der Waals surface area contributed by atoms with Gasteiger partial charge in [0.15, 0.2) is 0 Å². The van der Waals surface area contributed by atoms with Gasteiger partial charge >= 0.3 is 133 Å². The number of halogens is 2. The number of anilines is 2. The second-order valence-corrected chi connectivity index (χ2v) is 15.0. The Balaban J connectivity index is -0.000000872. The molecule has 7 rings (SSSR count). The van der Waals surface area contributed by atoms with E-state index in [2.05, 4.69) is 60.0 Å². The van der Waals surface area contributed by atoms with Crippen molar-refractivity contribution in [2.45, 2.75) is 60.5 Å². The first-order chi connectivity index (χ1) is 34.9. The van der Waals surface area contributed by atoms with Crippen LogP contribution < -0.4 is 128 Å². The maximum atomic E-state index is 11.6. The Kier molecular flexibility index (Phi) is 45.6. The van der Waals surface area contributed by atoms with Crippen molar-refractivity contribution in [3.8, 4) is 0 Å². The van der Waals surface area contributed by atoms with Gasteiger partial charge in [0.05, 0.1) is 43.1 Å². The van der Waals surface area contributed by atoms with Gasteiger partial charge in [0.1, 0.15) is 6.61 Å². The van der Waals surface area contributed by atoms with Crippen LogP contribution in [0.25, 0.3) is 0 Å². The summed E-state index contributed by atoms with van der Waals surface area (Å²) in [5, 5.41) is 15.0. The van der Waals surface area contributed by atoms with Gasteiger partial charge in [-0.25, -0.2) is 49.1 Å². The summed E-state index contributed by atoms with van der Waals surface area (Å²) in [4.78, 5) is 96.6. The zero-order valence-corrected chi connectivity index (χ0v) is 51.6. The standard InChI is InChI=1S/C12H17N3O2.C12H16N2O2.C11H16N4O2.C7H7ClN2O2.C4H8O2.CH2O3.ClH.2K.H/c1-2-17-11(16)10-8-13-12(14-9-10)15-6-4-3-5-7-15;15-12(14-8-6-13-7-9-14)16-10-11-4-2-1-3-5-11;1-2-17-10(16)9-7-13-11(14-8-9)15-5-3-12-4-6-15;1-2-12-6(11)5-3-9-7(8)10-4-5;1-3-6-4(2)5;2-1-4-3;;;;/h8-9H,2-7H2,1H3;1-5,13H,6-10H2;7-8,12H,2-6H2,1H3;3-4H,2H2,1H3;3H2,1-2H3;1,3H;1H;;;/q;;;;;;;2*+1;-1/p-1. The van der Waals surface area contributed by atoms with Crippen LogP contribution in [0.2, 0.25) is 5.28 Å². The maximum absolute atomic E-state index is 11.6. The molecule has 0 spiro atoms. The molecule has 6 heterocycles. The Hall–Kier alpha value is -3.59. The second kappa shape index (κ2) is 46.5. The first-order valence-corrected chi connectivity index (χ1v) is 23.6. The maximum Gasteiger partial charge on any atom is 1.00 e. The molecule has 75 heavy (non-hydrogen) atoms. The average Bonchev–Trinajstić information content (AvgIpc) is 3.42. The minimum absolute atomic E-state index is 0. The van der Waals surface area contributed by atoms with E-state index in [1.54, 1.807) is 32.6 Å². The fourth-order valence-corrected chi connectivity index (χ4v) is 6.16. The molecule has 2 N–H and O–H groups in total. The summed E-state index contributed by atoms with van der Waals surface area (Å²) < 4.78 is 24.1. The number of benzene rings is 1. The molecule has 0 aliphatic carbocycles. The first kappa shape index (κ1) is 73.5. The van der Waals surface area contributed by atoms with E-state index in [1.165, 1.54) is 63.4 Å². The van der Waals surface area contributed by atoms with Gasteiger partial charge in [-0.2, -0.15) is 0 Å². The molecule has 1 aromatic carbocycles. The van der Waals surface area contributed by atoms with Gasteiger partial charge in [0.25, 0.3) is 6.47 Å². The molecule has 28 heteroatoms. The Morgan fingerprint density at radius 3 is 1.33 bits per heavy atom. The molecule has 0 unspecified atom stereocenters. The van der Waals surface area contributed by atoms with Crippen molar-refractivity contribution < 1.29 is 167 Å². The molecule has 0 radical (unpaired) electrons. The number of rotatable bonds is 12. The van der Waals surface area contributed by atoms with Gasteiger partial charge in [0.2, 0.25) is 17.2 Å². The number of nitrogens with one attached hydrogen (secondary N) is 2. The van der Waals surface area contributed by atoms with Gasteiger partial charge in [-0.15, -0.1) is 12.4 Å². The molecule has 3 aromatic heterocycles. The SMILES string of the molecule is CCOC(=O)c1cnc(Cl)nc1.CCOC(=O)c1cnc(N2CCCCC2)nc1.CCOC(=O)c1cnc(N2CCNCC2)nc1.CCOC(C)=O.Cl.O=C(OCc1ccccc1)N1CCNCC1.O=CO[O-].[H-].[K+].[K+]. The summed E-state index contributed by atoms with van der Waals surface area (Å²) in [6.07, 6.45) is 12.2. The van der Waals surface area contributed by atoms with E-state index in [1.807, 2.05) is 30.3 Å². The van der Waals surface area contributed by atoms with Crippen LogP contribution in [-0.2, 0) is 44.8 Å². The predicted octanol–water partition coefficient (Wildman–Crippen LogP) is -2.21. The van der Waals surface area contributed by atoms with Crippen LogP contribution in [0.15, 0.2) is 67.5 Å². The van der Waals surface area contributed by atoms with Crippen molar-refractivity contribution in [2.24, 2.45) is 0 Å². The number of nitrogens with zero attached hydrogens (tertiary/aromatic N) is 9. The van der Waals surface area contributed by atoms with Crippen LogP contribution in [0, 0.1) is 0 Å². The molecule has 404 valence electrons. The minimum atomic E-state index is -0.436. The number of ether oxygens (including phenoxy) is 5. The normalized spacial score (nSPS) is 12.9. The van der Waals surface area contributed by atoms with Crippen LogP contribution >= 0.6 is 24.0 Å². The molecular formula is C47H67Cl2K2N11O13. The summed E-state index contributed by atoms with van der Waals surface area (Å²) in [5.74, 6) is -0.0129. The topological polar surface area (TPSA) is 292 Å². The third-order valence-corrected chi connectivity index (χ3v) is 9.63. The Morgan fingerprint density at radius 2 is 0.973 bits per heavy atom. The molecule has 0 bridgehead atoms. The van der Waals surface area contributed by atoms with E-state index in [0.717, 1.165) is 71.0 Å². The Bertz CT molecular complexity index is 2080. The summed E-state index contributed by atoms with van der Waals surface area (Å²) in [6, 6.07) is 9.72. The van der Waals surface area contributed by atoms with E-state index in [9.17, 15) is 24.0 Å². The monoisotopic (exact) mass is 1140 g/mol. The van der Waals surface area contributed by atoms with Crippen molar-refractivity contribution in [1.82, 2.24) is 45.4 Å². The zero-order chi connectivity index (χ0) is 52.8. The summed E-state index contributed by atoms with van der Waals surface area (Å²) >= 11 is 5.42. The number of aromatic nitrogens is 6. The molecular weight excluding hydrogens is 1080 g/mol. The average molecular weight is 1140 g/mol. The fourth-order valence-electron chi connectivity index (χ4n) is 6.06. The number of piperazine rings is 2. The number of piperidine rings is 1. The fraction of sp³-hybridized carbons (Fsp3) is 0.489. The van der Waals surface area contributed by atoms with E-state index >= 15 is 0 Å². The van der Waals surface area contributed by atoms with Crippen molar-refractivity contribution >= 4 is 72.3 Å². The summed E-state index contributed by atoms with van der Waals surface area (Å²) in [7, 11) is 0. The van der Waals surface area contributed by atoms with Crippen molar-refractivity contribution in [3.05, 3.63) is 95.1 Å². The van der Waals surface area contributed by atoms with E-state index in [4.69, 9.17) is 40.6 Å². The van der Waals surface area contributed by atoms with Crippen LogP contribution in [-0.4, -0.2) is 163 Å². The smallest absolute Gasteiger partial charge is 1.00 e. The minimum Gasteiger partial charge on any atom is -1.00 e. The van der Waals surface area contributed by atoms with Crippen LogP contribution in [0.4, 0.5) is 16.7 Å². The van der Waals surface area contributed by atoms with Gasteiger partial charge in [-0.05, 0) is 64.1 Å². The van der Waals surface area contributed by atoms with E-state index in [-0.39, 0.29) is 152 Å². The quantitative estimate of drug-likeness (QED) is 0.0289. The largest absolute Gasteiger partial charge is 1.00 e. The molecule has 3 aliphatic rings. The van der Waals surface area contributed by atoms with E-state index in [0.29, 0.717) is 61.6 Å². The third kappa shape index (κ3) is 32.7. The molecule has 0 atom stereocenters. The number of hydrogen-bond acceptors (Lipinski definition) is 23. The van der Waals surface area contributed by atoms with Crippen LogP contribution in [0.3, 0.4) is 0 Å². The molecule has 3 fully saturated rings. The Labute approximate surface area is 535 Å². The zero-order valence-electron chi connectivity index (χ0n) is 44.8. The Morgan fingerprint density at radius 1 is 0.600 bits per heavy atom. The molecule has 3 saturated heterocycles. The van der Waals surface area contributed by atoms with Crippen molar-refractivity contribution in [2.75, 3.05) is 102 Å². The number of carbonyl (C=O) groups is 6. The number of amides is 1. The van der Waals surface area contributed by atoms with Gasteiger partial charge in [-0.3, -0.25) is 9.59 Å². The third-order valence-electron chi connectivity index (χ3n) is 9.44. The first-order valence-electron chi connectivity index (χ1n) is 23.3. The molecule has 1 amide bonds.